The molecule has 6 rings (SSSR count). The van der Waals surface area contributed by atoms with Crippen molar-refractivity contribution in [3.05, 3.63) is 118 Å². The Kier molecular flexibility index (Phi) is 9.60. The van der Waals surface area contributed by atoms with Gasteiger partial charge in [0.25, 0.3) is 11.1 Å². The Morgan fingerprint density at radius 2 is 1.70 bits per heavy atom. The molecule has 2 heterocycles. The van der Waals surface area contributed by atoms with E-state index in [1.165, 1.54) is 19.1 Å². The molecule has 0 amide bonds. The lowest BCUT2D eigenvalue weighted by atomic mass is 9.98. The van der Waals surface area contributed by atoms with E-state index < -0.39 is 30.0 Å². The van der Waals surface area contributed by atoms with E-state index >= 15 is 0 Å². The molecule has 0 aliphatic rings. The maximum Gasteiger partial charge on any atom is 0.515 e. The van der Waals surface area contributed by atoms with Crippen molar-refractivity contribution >= 4 is 23.2 Å². The SMILES string of the molecule is CCOc1nc2cccc(C(=O)O)c2n1Cc1ccc(-c2ccccc2-c2nnn(C(C)OC(=O)Oc3ccccc3CO[N+](=O)[O-])n2)cc1. The second-order valence-corrected chi connectivity index (χ2v) is 10.7. The summed E-state index contributed by atoms with van der Waals surface area (Å²) in [5.41, 5.74) is 4.66. The van der Waals surface area contributed by atoms with Crippen LogP contribution in [0, 0.1) is 10.1 Å². The van der Waals surface area contributed by atoms with Crippen LogP contribution in [0.2, 0.25) is 0 Å². The van der Waals surface area contributed by atoms with Gasteiger partial charge in [-0.05, 0) is 54.0 Å². The first kappa shape index (κ1) is 33.1. The average Bonchev–Trinajstić information content (AvgIpc) is 3.74. The summed E-state index contributed by atoms with van der Waals surface area (Å²) in [6.45, 7) is 3.65. The highest BCUT2D eigenvalue weighted by molar-refractivity contribution is 6.01. The highest BCUT2D eigenvalue weighted by Gasteiger charge is 2.21. The van der Waals surface area contributed by atoms with E-state index in [2.05, 4.69) is 25.2 Å². The van der Waals surface area contributed by atoms with Crippen LogP contribution < -0.4 is 9.47 Å². The van der Waals surface area contributed by atoms with E-state index in [-0.39, 0.29) is 22.7 Å². The van der Waals surface area contributed by atoms with Crippen LogP contribution in [0.1, 0.15) is 41.6 Å². The molecular formula is C34H29N7O9. The molecule has 0 radical (unpaired) electrons. The number of hydrogen-bond donors (Lipinski definition) is 1. The first-order chi connectivity index (χ1) is 24.2. The maximum absolute atomic E-state index is 12.5. The second kappa shape index (κ2) is 14.5. The third kappa shape index (κ3) is 7.18. The number of imidazole rings is 1. The number of hydrogen-bond acceptors (Lipinski definition) is 12. The number of rotatable bonds is 13. The van der Waals surface area contributed by atoms with Gasteiger partial charge in [-0.3, -0.25) is 4.57 Å². The van der Waals surface area contributed by atoms with Crippen molar-refractivity contribution in [2.75, 3.05) is 6.61 Å². The van der Waals surface area contributed by atoms with Crippen molar-refractivity contribution in [1.82, 2.24) is 29.8 Å². The third-order valence-electron chi connectivity index (χ3n) is 7.52. The monoisotopic (exact) mass is 679 g/mol. The summed E-state index contributed by atoms with van der Waals surface area (Å²) in [6, 6.07) is 26.7. The minimum absolute atomic E-state index is 0.0388. The maximum atomic E-state index is 12.5. The van der Waals surface area contributed by atoms with E-state index in [0.29, 0.717) is 35.8 Å². The predicted octanol–water partition coefficient (Wildman–Crippen LogP) is 5.94. The zero-order chi connectivity index (χ0) is 35.2. The van der Waals surface area contributed by atoms with Crippen molar-refractivity contribution in [2.45, 2.75) is 33.2 Å². The van der Waals surface area contributed by atoms with E-state index in [1.54, 1.807) is 34.9 Å². The third-order valence-corrected chi connectivity index (χ3v) is 7.52. The molecule has 254 valence electrons. The number of aromatic carboxylic acids is 1. The first-order valence-electron chi connectivity index (χ1n) is 15.3. The summed E-state index contributed by atoms with van der Waals surface area (Å²) in [4.78, 5) is 45.1. The van der Waals surface area contributed by atoms with Crippen LogP contribution in [0.5, 0.6) is 11.8 Å². The lowest BCUT2D eigenvalue weighted by molar-refractivity contribution is -0.763. The largest absolute Gasteiger partial charge is 0.515 e. The summed E-state index contributed by atoms with van der Waals surface area (Å²) < 4.78 is 18.1. The topological polar surface area (TPSA) is 196 Å². The van der Waals surface area contributed by atoms with Crippen LogP contribution in [0.15, 0.2) is 91.0 Å². The van der Waals surface area contributed by atoms with E-state index in [4.69, 9.17) is 14.2 Å². The molecule has 0 aliphatic carbocycles. The van der Waals surface area contributed by atoms with Crippen LogP contribution in [0.3, 0.4) is 0 Å². The molecule has 2 aromatic heterocycles. The summed E-state index contributed by atoms with van der Waals surface area (Å²) in [5, 5.41) is 32.1. The molecule has 1 N–H and O–H groups in total. The highest BCUT2D eigenvalue weighted by atomic mass is 16.9. The van der Waals surface area contributed by atoms with Crippen LogP contribution in [0.25, 0.3) is 33.5 Å². The molecule has 0 aliphatic heterocycles. The number of carboxylic acids is 1. The summed E-state index contributed by atoms with van der Waals surface area (Å²) >= 11 is 0. The number of carbonyl (C=O) groups excluding carboxylic acids is 1. The summed E-state index contributed by atoms with van der Waals surface area (Å²) in [6.07, 6.45) is -2.10. The molecule has 0 saturated carbocycles. The predicted molar refractivity (Wildman–Crippen MR) is 176 cm³/mol. The van der Waals surface area contributed by atoms with Crippen LogP contribution in [-0.4, -0.2) is 58.7 Å². The lowest BCUT2D eigenvalue weighted by Crippen LogP contribution is -2.20. The Hall–Kier alpha value is -6.84. The van der Waals surface area contributed by atoms with Crippen molar-refractivity contribution in [3.63, 3.8) is 0 Å². The van der Waals surface area contributed by atoms with Crippen molar-refractivity contribution in [1.29, 1.82) is 0 Å². The first-order valence-corrected chi connectivity index (χ1v) is 15.3. The minimum atomic E-state index is -1.08. The van der Waals surface area contributed by atoms with Gasteiger partial charge in [0.05, 0.1) is 29.7 Å². The van der Waals surface area contributed by atoms with Gasteiger partial charge in [0.15, 0.2) is 0 Å². The van der Waals surface area contributed by atoms with Crippen molar-refractivity contribution < 1.29 is 38.8 Å². The summed E-state index contributed by atoms with van der Waals surface area (Å²) in [5.74, 6) is -0.734. The van der Waals surface area contributed by atoms with Gasteiger partial charge in [0, 0.05) is 11.1 Å². The van der Waals surface area contributed by atoms with Crippen LogP contribution >= 0.6 is 0 Å². The Morgan fingerprint density at radius 3 is 2.44 bits per heavy atom. The van der Waals surface area contributed by atoms with Gasteiger partial charge in [0.1, 0.15) is 12.4 Å². The van der Waals surface area contributed by atoms with Gasteiger partial charge >= 0.3 is 12.1 Å². The fraction of sp³-hybridized carbons (Fsp3) is 0.176. The normalized spacial score (nSPS) is 11.6. The molecule has 1 atom stereocenters. The molecule has 1 unspecified atom stereocenters. The highest BCUT2D eigenvalue weighted by Crippen LogP contribution is 2.31. The van der Waals surface area contributed by atoms with Crippen LogP contribution in [0.4, 0.5) is 4.79 Å². The molecule has 0 bridgehead atoms. The number of fused-ring (bicyclic) bond motifs is 1. The average molecular weight is 680 g/mol. The van der Waals surface area contributed by atoms with Crippen molar-refractivity contribution in [2.24, 2.45) is 0 Å². The number of carboxylic acid groups (broad SMARTS) is 1. The van der Waals surface area contributed by atoms with E-state index in [0.717, 1.165) is 21.5 Å². The Labute approximate surface area is 283 Å². The van der Waals surface area contributed by atoms with Gasteiger partial charge in [-0.15, -0.1) is 25.1 Å². The smallest absolute Gasteiger partial charge is 0.478 e. The molecule has 0 saturated heterocycles. The number of nitrogens with zero attached hydrogens (tertiary/aromatic N) is 7. The van der Waals surface area contributed by atoms with Gasteiger partial charge in [-0.25, -0.2) is 9.59 Å². The Bertz CT molecular complexity index is 2180. The second-order valence-electron chi connectivity index (χ2n) is 10.7. The Morgan fingerprint density at radius 1 is 0.960 bits per heavy atom. The number of carbonyl (C=O) groups is 2. The number of ether oxygens (including phenoxy) is 3. The number of benzene rings is 4. The van der Waals surface area contributed by atoms with Crippen molar-refractivity contribution in [3.8, 4) is 34.3 Å². The minimum Gasteiger partial charge on any atom is -0.478 e. The zero-order valence-corrected chi connectivity index (χ0v) is 26.7. The van der Waals surface area contributed by atoms with Crippen LogP contribution in [-0.2, 0) is 22.7 Å². The molecule has 6 aromatic rings. The number of para-hydroxylation sites is 2. The molecular weight excluding hydrogens is 650 g/mol. The standard InChI is InChI=1S/C34H29N7O9/c1-3-47-33-35-28-13-8-12-27(32(42)43)30(28)39(33)19-22-15-17-23(18-16-22)25-10-5-6-11-26(25)31-36-38-40(37-31)21(2)49-34(44)50-29-14-7-4-9-24(29)20-48-41(45)46/h4-18,21H,3,19-20H2,1-2H3,(H,42,43). The quantitative estimate of drug-likeness (QED) is 0.0652. The fourth-order valence-corrected chi connectivity index (χ4v) is 5.26. The van der Waals surface area contributed by atoms with E-state index in [1.807, 2.05) is 55.5 Å². The molecule has 4 aromatic carbocycles. The Balaban J connectivity index is 1.18. The molecule has 16 nitrogen and oxygen atoms in total. The molecule has 0 fully saturated rings. The summed E-state index contributed by atoms with van der Waals surface area (Å²) in [7, 11) is 0. The fourth-order valence-electron chi connectivity index (χ4n) is 5.26. The van der Waals surface area contributed by atoms with Gasteiger partial charge in [-0.1, -0.05) is 72.8 Å². The molecule has 50 heavy (non-hydrogen) atoms. The zero-order valence-electron chi connectivity index (χ0n) is 26.7. The molecule has 16 heteroatoms. The number of aromatic nitrogens is 6. The van der Waals surface area contributed by atoms with E-state index in [9.17, 15) is 24.8 Å². The van der Waals surface area contributed by atoms with Gasteiger partial charge in [-0.2, -0.15) is 4.98 Å². The van der Waals surface area contributed by atoms with Gasteiger partial charge in [0.2, 0.25) is 12.1 Å². The molecule has 0 spiro atoms. The number of tetrazole rings is 1. The lowest BCUT2D eigenvalue weighted by Gasteiger charge is -2.13. The van der Waals surface area contributed by atoms with Gasteiger partial charge < -0.3 is 24.2 Å².